The van der Waals surface area contributed by atoms with E-state index in [-0.39, 0.29) is 17.4 Å². The first-order chi connectivity index (χ1) is 19.7. The standard InChI is InChI=1S/C12H16N.C12H15N.C2HF6NO4S2.C2H6O/c2*1-9-12(2,3)10-7-5-6-8-11(10)13(9)4;3-1(4,5)14(10,11)9-15(12,13)2(6,7)8;1-2-3/h5-8H,1-4H3;5-8H,1H2,2-4H3;9H;3H,2H2,1H3/q+1;;;. The average molecular weight is 675 g/mol. The lowest BCUT2D eigenvalue weighted by Gasteiger charge is -2.22. The summed E-state index contributed by atoms with van der Waals surface area (Å²) in [5.74, 6) is 0. The van der Waals surface area contributed by atoms with Gasteiger partial charge >= 0.3 is 31.1 Å². The first-order valence-electron chi connectivity index (χ1n) is 12.9. The van der Waals surface area contributed by atoms with Crippen molar-refractivity contribution in [1.29, 1.82) is 0 Å². The highest BCUT2D eigenvalue weighted by molar-refractivity contribution is 8.05. The number of rotatable bonds is 2. The van der Waals surface area contributed by atoms with Crippen molar-refractivity contribution >= 4 is 37.1 Å². The van der Waals surface area contributed by atoms with Crippen molar-refractivity contribution in [2.24, 2.45) is 0 Å². The summed E-state index contributed by atoms with van der Waals surface area (Å²) in [6, 6.07) is 17.1. The molecular formula is C28H38F6N3O5S2+. The molecule has 0 fully saturated rings. The number of fused-ring (bicyclic) bond motifs is 2. The fourth-order valence-electron chi connectivity index (χ4n) is 4.34. The lowest BCUT2D eigenvalue weighted by Crippen LogP contribution is -2.45. The Hall–Kier alpha value is -2.95. The van der Waals surface area contributed by atoms with E-state index in [0.29, 0.717) is 0 Å². The highest BCUT2D eigenvalue weighted by atomic mass is 32.3. The van der Waals surface area contributed by atoms with Crippen LogP contribution in [-0.2, 0) is 30.9 Å². The summed E-state index contributed by atoms with van der Waals surface area (Å²) in [7, 11) is -8.97. The molecule has 2 aliphatic heterocycles. The number of para-hydroxylation sites is 2. The van der Waals surface area contributed by atoms with Gasteiger partial charge in [0.05, 0.1) is 5.41 Å². The van der Waals surface area contributed by atoms with E-state index in [9.17, 15) is 43.2 Å². The summed E-state index contributed by atoms with van der Waals surface area (Å²) in [5.41, 5.74) is -3.95. The maximum absolute atomic E-state index is 11.5. The molecule has 0 spiro atoms. The molecule has 2 aromatic carbocycles. The fourth-order valence-corrected chi connectivity index (χ4v) is 6.25. The van der Waals surface area contributed by atoms with Crippen molar-refractivity contribution in [3.8, 4) is 0 Å². The van der Waals surface area contributed by atoms with Crippen LogP contribution in [0.5, 0.6) is 0 Å². The van der Waals surface area contributed by atoms with Crippen molar-refractivity contribution < 1.29 is 52.9 Å². The number of benzene rings is 2. The molecule has 0 aliphatic carbocycles. The van der Waals surface area contributed by atoms with Gasteiger partial charge in [-0.15, -0.1) is 0 Å². The SMILES string of the molecule is C=C1N(C)c2ccccc2C1(C)C.CC1=[N+](C)c2ccccc2C1(C)C.CCO.O=S(=O)(NS(=O)(=O)C(F)(F)F)C(F)(F)F. The molecule has 0 aromatic heterocycles. The zero-order valence-electron chi connectivity index (χ0n) is 25.6. The smallest absolute Gasteiger partial charge is 0.397 e. The average Bonchev–Trinajstić information content (AvgIpc) is 3.18. The normalized spacial score (nSPS) is 16.9. The topological polar surface area (TPSA) is 107 Å². The third-order valence-electron chi connectivity index (χ3n) is 7.24. The molecule has 16 heteroatoms. The van der Waals surface area contributed by atoms with Crippen LogP contribution in [0.1, 0.15) is 52.7 Å². The summed E-state index contributed by atoms with van der Waals surface area (Å²) in [6.45, 7) is 17.3. The van der Waals surface area contributed by atoms with Gasteiger partial charge < -0.3 is 10.0 Å². The summed E-state index contributed by atoms with van der Waals surface area (Å²) in [4.78, 5) is 2.18. The maximum atomic E-state index is 11.5. The summed E-state index contributed by atoms with van der Waals surface area (Å²) < 4.78 is 111. The summed E-state index contributed by atoms with van der Waals surface area (Å²) in [5, 5.41) is 7.57. The highest BCUT2D eigenvalue weighted by Crippen LogP contribution is 2.45. The molecule has 0 radical (unpaired) electrons. The van der Waals surface area contributed by atoms with E-state index in [1.165, 1.54) is 33.9 Å². The number of nitrogens with one attached hydrogen (secondary N) is 1. The molecule has 248 valence electrons. The predicted octanol–water partition coefficient (Wildman–Crippen LogP) is 5.91. The second-order valence-electron chi connectivity index (χ2n) is 10.7. The molecule has 2 aliphatic rings. The van der Waals surface area contributed by atoms with Gasteiger partial charge in [0.1, 0.15) is 7.05 Å². The van der Waals surface area contributed by atoms with Gasteiger partial charge in [0.2, 0.25) is 5.69 Å². The molecular weight excluding hydrogens is 636 g/mol. The number of aliphatic hydroxyl groups is 1. The van der Waals surface area contributed by atoms with Gasteiger partial charge in [-0.3, -0.25) is 0 Å². The quantitative estimate of drug-likeness (QED) is 0.303. The second kappa shape index (κ2) is 13.6. The Morgan fingerprint density at radius 2 is 1.23 bits per heavy atom. The minimum atomic E-state index is -6.60. The number of hydrogen-bond acceptors (Lipinski definition) is 6. The molecule has 0 amide bonds. The summed E-state index contributed by atoms with van der Waals surface area (Å²) >= 11 is 0. The van der Waals surface area contributed by atoms with E-state index in [4.69, 9.17) is 5.11 Å². The van der Waals surface area contributed by atoms with Crippen LogP contribution in [0.15, 0.2) is 60.8 Å². The molecule has 2 aromatic rings. The van der Waals surface area contributed by atoms with E-state index in [2.05, 4.69) is 113 Å². The Bertz CT molecular complexity index is 1560. The third-order valence-corrected chi connectivity index (χ3v) is 10.2. The molecule has 0 bridgehead atoms. The van der Waals surface area contributed by atoms with Crippen LogP contribution < -0.4 is 9.03 Å². The largest absolute Gasteiger partial charge is 0.512 e. The van der Waals surface area contributed by atoms with Crippen molar-refractivity contribution in [3.63, 3.8) is 0 Å². The van der Waals surface area contributed by atoms with Crippen molar-refractivity contribution in [2.45, 2.75) is 63.4 Å². The Kier molecular flexibility index (Phi) is 12.1. The molecule has 0 atom stereocenters. The molecule has 2 N–H and O–H groups in total. The molecule has 0 unspecified atom stereocenters. The van der Waals surface area contributed by atoms with Crippen LogP contribution in [0.2, 0.25) is 0 Å². The van der Waals surface area contributed by atoms with Gasteiger partial charge in [-0.05, 0) is 32.4 Å². The number of halogens is 6. The van der Waals surface area contributed by atoms with E-state index in [0.717, 1.165) is 0 Å². The third kappa shape index (κ3) is 8.20. The van der Waals surface area contributed by atoms with Crippen LogP contribution >= 0.6 is 0 Å². The number of hydrogen-bond donors (Lipinski definition) is 2. The van der Waals surface area contributed by atoms with Crippen molar-refractivity contribution in [1.82, 2.24) is 4.13 Å². The minimum Gasteiger partial charge on any atom is -0.397 e. The van der Waals surface area contributed by atoms with Crippen molar-refractivity contribution in [3.05, 3.63) is 71.9 Å². The lowest BCUT2D eigenvalue weighted by molar-refractivity contribution is -0.403. The lowest BCUT2D eigenvalue weighted by atomic mass is 9.82. The Labute approximate surface area is 254 Å². The second-order valence-corrected chi connectivity index (χ2v) is 14.3. The highest BCUT2D eigenvalue weighted by Gasteiger charge is 2.55. The van der Waals surface area contributed by atoms with Gasteiger partial charge in [0.25, 0.3) is 0 Å². The zero-order valence-corrected chi connectivity index (χ0v) is 27.2. The van der Waals surface area contributed by atoms with Crippen LogP contribution in [0.3, 0.4) is 0 Å². The fraction of sp³-hybridized carbons (Fsp3) is 0.464. The molecule has 4 rings (SSSR count). The number of sulfonamides is 2. The first-order valence-corrected chi connectivity index (χ1v) is 15.9. The van der Waals surface area contributed by atoms with Gasteiger partial charge in [0.15, 0.2) is 5.71 Å². The number of likely N-dealkylation sites (N-methyl/N-ethyl adjacent to an activating group) is 1. The Morgan fingerprint density at radius 3 is 1.61 bits per heavy atom. The zero-order chi connectivity index (χ0) is 34.7. The van der Waals surface area contributed by atoms with Gasteiger partial charge in [-0.1, -0.05) is 61.0 Å². The maximum Gasteiger partial charge on any atom is 0.512 e. The van der Waals surface area contributed by atoms with E-state index in [1.807, 2.05) is 0 Å². The number of anilines is 1. The van der Waals surface area contributed by atoms with Gasteiger partial charge in [-0.25, -0.2) is 21.4 Å². The first kappa shape index (κ1) is 39.1. The van der Waals surface area contributed by atoms with Gasteiger partial charge in [0, 0.05) is 49.0 Å². The monoisotopic (exact) mass is 674 g/mol. The molecule has 44 heavy (non-hydrogen) atoms. The minimum absolute atomic E-state index is 0.0886. The molecule has 0 saturated carbocycles. The predicted molar refractivity (Wildman–Crippen MR) is 159 cm³/mol. The van der Waals surface area contributed by atoms with Gasteiger partial charge in [-0.2, -0.15) is 26.3 Å². The van der Waals surface area contributed by atoms with Crippen molar-refractivity contribution in [2.75, 3.05) is 25.6 Å². The molecule has 0 saturated heterocycles. The van der Waals surface area contributed by atoms with E-state index >= 15 is 0 Å². The van der Waals surface area contributed by atoms with E-state index < -0.39 is 35.2 Å². The van der Waals surface area contributed by atoms with Crippen LogP contribution in [0, 0.1) is 0 Å². The number of nitrogens with zero attached hydrogens (tertiary/aromatic N) is 2. The Morgan fingerprint density at radius 1 is 0.841 bits per heavy atom. The van der Waals surface area contributed by atoms with Crippen LogP contribution in [0.4, 0.5) is 37.7 Å². The van der Waals surface area contributed by atoms with Crippen LogP contribution in [0.25, 0.3) is 0 Å². The summed E-state index contributed by atoms with van der Waals surface area (Å²) in [6.07, 6.45) is 0. The van der Waals surface area contributed by atoms with Crippen LogP contribution in [-0.4, -0.2) is 63.9 Å². The Balaban J connectivity index is 0.000000316. The molecule has 2 heterocycles. The van der Waals surface area contributed by atoms with E-state index in [1.54, 1.807) is 6.92 Å². The number of aliphatic hydroxyl groups excluding tert-OH is 1. The number of allylic oxidation sites excluding steroid dienone is 1. The molecule has 8 nitrogen and oxygen atoms in total. The number of alkyl halides is 6.